The molecular formula is C10H19O. The Morgan fingerprint density at radius 3 is 2.09 bits per heavy atom. The fraction of sp³-hybridized carbons (Fsp3) is 0.900. The second-order valence-corrected chi connectivity index (χ2v) is 3.34. The summed E-state index contributed by atoms with van der Waals surface area (Å²) in [4.78, 5) is 0. The molecule has 1 saturated carbocycles. The van der Waals surface area contributed by atoms with Crippen molar-refractivity contribution in [3.63, 3.8) is 0 Å². The number of hydrogen-bond donors (Lipinski definition) is 0. The lowest BCUT2D eigenvalue weighted by Crippen LogP contribution is -2.12. The van der Waals surface area contributed by atoms with E-state index in [1.165, 1.54) is 44.9 Å². The van der Waals surface area contributed by atoms with E-state index in [-0.39, 0.29) is 0 Å². The molecule has 0 saturated heterocycles. The predicted octanol–water partition coefficient (Wildman–Crippen LogP) is 3.30. The van der Waals surface area contributed by atoms with Crippen LogP contribution in [-0.2, 0) is 4.74 Å². The van der Waals surface area contributed by atoms with Gasteiger partial charge in [0.25, 0.3) is 0 Å². The molecule has 1 radical (unpaired) electrons. The highest BCUT2D eigenvalue weighted by Crippen LogP contribution is 2.19. The molecule has 0 aromatic rings. The van der Waals surface area contributed by atoms with Crippen LogP contribution in [0.5, 0.6) is 0 Å². The zero-order valence-corrected chi connectivity index (χ0v) is 7.51. The summed E-state index contributed by atoms with van der Waals surface area (Å²) in [6.07, 6.45) is 10.0. The summed E-state index contributed by atoms with van der Waals surface area (Å²) in [5.74, 6) is 0. The van der Waals surface area contributed by atoms with Gasteiger partial charge in [-0.3, -0.25) is 0 Å². The highest BCUT2D eigenvalue weighted by molar-refractivity contribution is 4.63. The van der Waals surface area contributed by atoms with Crippen molar-refractivity contribution < 1.29 is 4.74 Å². The van der Waals surface area contributed by atoms with E-state index < -0.39 is 0 Å². The van der Waals surface area contributed by atoms with E-state index in [1.807, 2.05) is 13.5 Å². The van der Waals surface area contributed by atoms with Crippen LogP contribution >= 0.6 is 0 Å². The highest BCUT2D eigenvalue weighted by atomic mass is 16.5. The highest BCUT2D eigenvalue weighted by Gasteiger charge is 2.10. The van der Waals surface area contributed by atoms with Crippen molar-refractivity contribution in [2.75, 3.05) is 0 Å². The molecule has 1 heteroatoms. The summed E-state index contributed by atoms with van der Waals surface area (Å²) in [5.41, 5.74) is 0. The zero-order chi connectivity index (χ0) is 7.94. The third kappa shape index (κ3) is 3.76. The van der Waals surface area contributed by atoms with Gasteiger partial charge in [-0.15, -0.1) is 0 Å². The van der Waals surface area contributed by atoms with Crippen LogP contribution in [0.4, 0.5) is 0 Å². The van der Waals surface area contributed by atoms with E-state index in [1.54, 1.807) is 0 Å². The lowest BCUT2D eigenvalue weighted by molar-refractivity contribution is 0.0853. The van der Waals surface area contributed by atoms with Crippen LogP contribution < -0.4 is 0 Å². The average Bonchev–Trinajstić information content (AvgIpc) is 1.94. The molecule has 0 aromatic carbocycles. The van der Waals surface area contributed by atoms with Crippen molar-refractivity contribution in [1.29, 1.82) is 0 Å². The molecular weight excluding hydrogens is 136 g/mol. The molecule has 0 atom stereocenters. The van der Waals surface area contributed by atoms with Crippen molar-refractivity contribution in [1.82, 2.24) is 0 Å². The molecule has 0 unspecified atom stereocenters. The van der Waals surface area contributed by atoms with Crippen LogP contribution in [0.3, 0.4) is 0 Å². The molecule has 0 spiro atoms. The molecule has 0 heterocycles. The third-order valence-corrected chi connectivity index (χ3v) is 2.38. The molecule has 0 N–H and O–H groups in total. The summed E-state index contributed by atoms with van der Waals surface area (Å²) in [6.45, 7) is 3.81. The fourth-order valence-electron chi connectivity index (χ4n) is 1.75. The van der Waals surface area contributed by atoms with Crippen molar-refractivity contribution in [3.05, 3.63) is 6.61 Å². The SMILES string of the molecule is C[CH]OC1CCCCCCC1. The Labute approximate surface area is 70.1 Å². The topological polar surface area (TPSA) is 9.23 Å². The average molecular weight is 155 g/mol. The van der Waals surface area contributed by atoms with E-state index in [0.29, 0.717) is 6.10 Å². The molecule has 65 valence electrons. The van der Waals surface area contributed by atoms with Gasteiger partial charge in [0.05, 0.1) is 12.7 Å². The predicted molar refractivity (Wildman–Crippen MR) is 47.2 cm³/mol. The molecule has 0 bridgehead atoms. The summed E-state index contributed by atoms with van der Waals surface area (Å²) in [5, 5.41) is 0. The Morgan fingerprint density at radius 2 is 1.55 bits per heavy atom. The van der Waals surface area contributed by atoms with Gasteiger partial charge in [0, 0.05) is 0 Å². The van der Waals surface area contributed by atoms with Crippen molar-refractivity contribution in [2.24, 2.45) is 0 Å². The van der Waals surface area contributed by atoms with Crippen molar-refractivity contribution in [3.8, 4) is 0 Å². The first-order valence-corrected chi connectivity index (χ1v) is 4.87. The van der Waals surface area contributed by atoms with E-state index in [4.69, 9.17) is 4.74 Å². The molecule has 0 aromatic heterocycles. The second-order valence-electron chi connectivity index (χ2n) is 3.34. The maximum absolute atomic E-state index is 5.49. The van der Waals surface area contributed by atoms with Crippen LogP contribution in [0.1, 0.15) is 51.9 Å². The maximum Gasteiger partial charge on any atom is 0.0809 e. The molecule has 1 fully saturated rings. The van der Waals surface area contributed by atoms with Gasteiger partial charge in [-0.2, -0.15) is 0 Å². The smallest absolute Gasteiger partial charge is 0.0809 e. The third-order valence-electron chi connectivity index (χ3n) is 2.38. The zero-order valence-electron chi connectivity index (χ0n) is 7.51. The summed E-state index contributed by atoms with van der Waals surface area (Å²) in [6, 6.07) is 0. The van der Waals surface area contributed by atoms with E-state index >= 15 is 0 Å². The fourth-order valence-corrected chi connectivity index (χ4v) is 1.75. The largest absolute Gasteiger partial charge is 0.373 e. The van der Waals surface area contributed by atoms with Gasteiger partial charge in [-0.1, -0.05) is 32.1 Å². The monoisotopic (exact) mass is 155 g/mol. The van der Waals surface area contributed by atoms with Gasteiger partial charge in [0.1, 0.15) is 0 Å². The first kappa shape index (κ1) is 9.05. The minimum atomic E-state index is 0.528. The van der Waals surface area contributed by atoms with Gasteiger partial charge >= 0.3 is 0 Å². The Kier molecular flexibility index (Phi) is 4.60. The quantitative estimate of drug-likeness (QED) is 0.594. The minimum absolute atomic E-state index is 0.528. The van der Waals surface area contributed by atoms with Gasteiger partial charge in [-0.25, -0.2) is 0 Å². The Balaban J connectivity index is 2.15. The lowest BCUT2D eigenvalue weighted by atomic mass is 9.99. The van der Waals surface area contributed by atoms with Gasteiger partial charge in [-0.05, 0) is 19.8 Å². The van der Waals surface area contributed by atoms with Crippen LogP contribution in [0, 0.1) is 6.61 Å². The standard InChI is InChI=1S/C10H19O/c1-2-11-10-8-6-4-3-5-7-9-10/h2,10H,3-9H2,1H3. The van der Waals surface area contributed by atoms with Crippen molar-refractivity contribution in [2.45, 2.75) is 58.0 Å². The molecule has 0 aliphatic heterocycles. The van der Waals surface area contributed by atoms with E-state index in [0.717, 1.165) is 0 Å². The van der Waals surface area contributed by atoms with Gasteiger partial charge < -0.3 is 4.74 Å². The first-order chi connectivity index (χ1) is 5.43. The molecule has 11 heavy (non-hydrogen) atoms. The summed E-state index contributed by atoms with van der Waals surface area (Å²) < 4.78 is 5.49. The lowest BCUT2D eigenvalue weighted by Gasteiger charge is -2.18. The molecule has 1 nitrogen and oxygen atoms in total. The van der Waals surface area contributed by atoms with Crippen LogP contribution in [-0.4, -0.2) is 6.10 Å². The number of rotatable bonds is 2. The van der Waals surface area contributed by atoms with Crippen LogP contribution in [0.2, 0.25) is 0 Å². The maximum atomic E-state index is 5.49. The van der Waals surface area contributed by atoms with Gasteiger partial charge in [0.2, 0.25) is 0 Å². The molecule has 1 aliphatic rings. The normalized spacial score (nSPS) is 22.6. The van der Waals surface area contributed by atoms with E-state index in [2.05, 4.69) is 0 Å². The Bertz CT molecular complexity index is 82.9. The number of ether oxygens (including phenoxy) is 1. The second kappa shape index (κ2) is 5.59. The minimum Gasteiger partial charge on any atom is -0.373 e. The summed E-state index contributed by atoms with van der Waals surface area (Å²) >= 11 is 0. The van der Waals surface area contributed by atoms with Gasteiger partial charge in [0.15, 0.2) is 0 Å². The molecule has 1 aliphatic carbocycles. The van der Waals surface area contributed by atoms with Crippen molar-refractivity contribution >= 4 is 0 Å². The Morgan fingerprint density at radius 1 is 1.00 bits per heavy atom. The Hall–Kier alpha value is -0.0400. The molecule has 0 amide bonds. The van der Waals surface area contributed by atoms with Crippen LogP contribution in [0.15, 0.2) is 0 Å². The molecule has 1 rings (SSSR count). The summed E-state index contributed by atoms with van der Waals surface area (Å²) in [7, 11) is 0. The number of hydrogen-bond acceptors (Lipinski definition) is 1. The van der Waals surface area contributed by atoms with E-state index in [9.17, 15) is 0 Å². The van der Waals surface area contributed by atoms with Crippen LogP contribution in [0.25, 0.3) is 0 Å². The first-order valence-electron chi connectivity index (χ1n) is 4.87.